The predicted octanol–water partition coefficient (Wildman–Crippen LogP) is 4.59. The summed E-state index contributed by atoms with van der Waals surface area (Å²) in [5, 5.41) is 28.9. The van der Waals surface area contributed by atoms with Crippen molar-refractivity contribution in [3.63, 3.8) is 0 Å². The van der Waals surface area contributed by atoms with Gasteiger partial charge in [0.1, 0.15) is 11.4 Å². The highest BCUT2D eigenvalue weighted by Gasteiger charge is 2.22. The summed E-state index contributed by atoms with van der Waals surface area (Å²) in [5.74, 6) is 1.03. The van der Waals surface area contributed by atoms with Gasteiger partial charge < -0.3 is 0 Å². The molecule has 0 unspecified atom stereocenters. The Morgan fingerprint density at radius 1 is 1.16 bits per heavy atom. The lowest BCUT2D eigenvalue weighted by atomic mass is 10.1. The zero-order valence-electron chi connectivity index (χ0n) is 17.8. The molecule has 3 heterocycles. The van der Waals surface area contributed by atoms with E-state index in [1.807, 2.05) is 31.2 Å². The third-order valence-electron chi connectivity index (χ3n) is 4.81. The maximum absolute atomic E-state index is 11.2. The van der Waals surface area contributed by atoms with E-state index >= 15 is 0 Å². The van der Waals surface area contributed by atoms with Crippen LogP contribution in [0.25, 0.3) is 0 Å². The van der Waals surface area contributed by atoms with E-state index in [2.05, 4.69) is 38.6 Å². The molecule has 0 aliphatic rings. The van der Waals surface area contributed by atoms with Crippen LogP contribution in [-0.2, 0) is 12.3 Å². The van der Waals surface area contributed by atoms with E-state index < -0.39 is 4.92 Å². The van der Waals surface area contributed by atoms with Crippen LogP contribution in [0.5, 0.6) is 0 Å². The largest absolute Gasteiger partial charge is 0.312 e. The molecule has 0 amide bonds. The second kappa shape index (κ2) is 9.45. The van der Waals surface area contributed by atoms with Gasteiger partial charge >= 0.3 is 5.69 Å². The molecule has 0 spiro atoms. The molecule has 0 atom stereocenters. The summed E-state index contributed by atoms with van der Waals surface area (Å²) in [6, 6.07) is 14.5. The lowest BCUT2D eigenvalue weighted by Crippen LogP contribution is -2.02. The van der Waals surface area contributed by atoms with E-state index in [1.165, 1.54) is 22.2 Å². The molecule has 1 aromatic carbocycles. The van der Waals surface area contributed by atoms with Crippen LogP contribution in [0.1, 0.15) is 32.5 Å². The summed E-state index contributed by atoms with van der Waals surface area (Å²) in [6.45, 7) is 5.16. The molecule has 11 heteroatoms. The van der Waals surface area contributed by atoms with Gasteiger partial charge in [-0.25, -0.2) is 0 Å². The Morgan fingerprint density at radius 3 is 2.66 bits per heavy atom. The maximum atomic E-state index is 11.2. The summed E-state index contributed by atoms with van der Waals surface area (Å²) in [7, 11) is 0. The quantitative estimate of drug-likeness (QED) is 0.162. The molecule has 0 fully saturated rings. The van der Waals surface area contributed by atoms with Crippen LogP contribution in [0.3, 0.4) is 0 Å². The number of benzene rings is 1. The van der Waals surface area contributed by atoms with Crippen LogP contribution < -0.4 is 0 Å². The van der Waals surface area contributed by atoms with E-state index in [9.17, 15) is 10.1 Å². The Hall–Kier alpha value is -3.31. The summed E-state index contributed by atoms with van der Waals surface area (Å²) in [6.07, 6.45) is 2.69. The minimum Gasteiger partial charge on any atom is -0.258 e. The molecule has 32 heavy (non-hydrogen) atoms. The Labute approximate surface area is 193 Å². The van der Waals surface area contributed by atoms with Crippen molar-refractivity contribution in [2.24, 2.45) is 5.10 Å². The van der Waals surface area contributed by atoms with Crippen molar-refractivity contribution in [3.8, 4) is 0 Å². The van der Waals surface area contributed by atoms with Crippen LogP contribution in [-0.4, -0.2) is 35.8 Å². The summed E-state index contributed by atoms with van der Waals surface area (Å²) in [5.41, 5.74) is 2.23. The zero-order chi connectivity index (χ0) is 22.7. The molecular weight excluding hydrogens is 446 g/mol. The lowest BCUT2D eigenvalue weighted by molar-refractivity contribution is -0.386. The lowest BCUT2D eigenvalue weighted by Gasteiger charge is -2.03. The summed E-state index contributed by atoms with van der Waals surface area (Å²) < 4.78 is 3.27. The van der Waals surface area contributed by atoms with Gasteiger partial charge in [0, 0.05) is 16.2 Å². The van der Waals surface area contributed by atoms with Crippen LogP contribution in [0.2, 0.25) is 0 Å². The van der Waals surface area contributed by atoms with Gasteiger partial charge in [-0.15, -0.1) is 21.5 Å². The summed E-state index contributed by atoms with van der Waals surface area (Å²) >= 11 is 3.06. The molecule has 0 bridgehead atoms. The van der Waals surface area contributed by atoms with Crippen molar-refractivity contribution in [2.45, 2.75) is 38.2 Å². The van der Waals surface area contributed by atoms with E-state index in [0.717, 1.165) is 11.3 Å². The van der Waals surface area contributed by atoms with Gasteiger partial charge in [0.15, 0.2) is 5.82 Å². The molecular formula is C21H21N7O2S2. The predicted molar refractivity (Wildman–Crippen MR) is 126 cm³/mol. The molecule has 4 rings (SSSR count). The average Bonchev–Trinajstić information content (AvgIpc) is 3.43. The molecule has 9 nitrogen and oxygen atoms in total. The fourth-order valence-corrected chi connectivity index (χ4v) is 5.03. The average molecular weight is 468 g/mol. The number of nitrogens with zero attached hydrogens (tertiary/aromatic N) is 7. The zero-order valence-corrected chi connectivity index (χ0v) is 19.4. The molecule has 164 valence electrons. The highest BCUT2D eigenvalue weighted by atomic mass is 32.2. The fourth-order valence-electron chi connectivity index (χ4n) is 3.23. The number of hydrogen-bond acceptors (Lipinski definition) is 8. The monoisotopic (exact) mass is 467 g/mol. The molecule has 0 aliphatic heterocycles. The second-order valence-corrected chi connectivity index (χ2v) is 9.21. The number of aryl methyl sites for hydroxylation is 2. The van der Waals surface area contributed by atoms with Crippen molar-refractivity contribution >= 4 is 35.0 Å². The normalized spacial score (nSPS) is 11.5. The number of aromatic nitrogens is 5. The van der Waals surface area contributed by atoms with Crippen molar-refractivity contribution in [1.82, 2.24) is 24.7 Å². The molecule has 4 aromatic rings. The number of thioether (sulfide) groups is 1. The van der Waals surface area contributed by atoms with E-state index in [0.29, 0.717) is 28.2 Å². The first-order valence-electron chi connectivity index (χ1n) is 9.82. The minimum absolute atomic E-state index is 0.0465. The van der Waals surface area contributed by atoms with Gasteiger partial charge in [-0.2, -0.15) is 14.9 Å². The molecule has 3 aromatic heterocycles. The topological polar surface area (TPSA) is 104 Å². The smallest absolute Gasteiger partial charge is 0.258 e. The SMILES string of the molecule is Cc1nn(CSc2nnc(C)n2N=Cc2ccc(Cc3ccccc3)s2)c(C)c1[N+](=O)[O-]. The Balaban J connectivity index is 1.46. The Kier molecular flexibility index (Phi) is 6.47. The van der Waals surface area contributed by atoms with Crippen molar-refractivity contribution < 1.29 is 4.92 Å². The van der Waals surface area contributed by atoms with E-state index in [1.54, 1.807) is 40.8 Å². The van der Waals surface area contributed by atoms with Crippen molar-refractivity contribution in [3.05, 3.63) is 85.1 Å². The minimum atomic E-state index is -0.400. The van der Waals surface area contributed by atoms with E-state index in [4.69, 9.17) is 0 Å². The third kappa shape index (κ3) is 4.78. The number of rotatable bonds is 8. The summed E-state index contributed by atoms with van der Waals surface area (Å²) in [4.78, 5) is 13.1. The molecule has 0 saturated heterocycles. The van der Waals surface area contributed by atoms with Crippen LogP contribution in [0, 0.1) is 30.9 Å². The molecule has 0 N–H and O–H groups in total. The van der Waals surface area contributed by atoms with Gasteiger partial charge in [0.25, 0.3) is 0 Å². The van der Waals surface area contributed by atoms with Crippen molar-refractivity contribution in [1.29, 1.82) is 0 Å². The van der Waals surface area contributed by atoms with Gasteiger partial charge in [-0.3, -0.25) is 14.8 Å². The Morgan fingerprint density at radius 2 is 1.94 bits per heavy atom. The first kappa shape index (κ1) is 21.9. The van der Waals surface area contributed by atoms with Crippen LogP contribution in [0.4, 0.5) is 5.69 Å². The first-order chi connectivity index (χ1) is 15.4. The molecule has 0 radical (unpaired) electrons. The van der Waals surface area contributed by atoms with Crippen LogP contribution in [0.15, 0.2) is 52.7 Å². The maximum Gasteiger partial charge on any atom is 0.312 e. The second-order valence-electron chi connectivity index (χ2n) is 7.10. The first-order valence-corrected chi connectivity index (χ1v) is 11.6. The number of thiophene rings is 1. The highest BCUT2D eigenvalue weighted by Crippen LogP contribution is 2.26. The van der Waals surface area contributed by atoms with Crippen LogP contribution >= 0.6 is 23.1 Å². The van der Waals surface area contributed by atoms with Gasteiger partial charge in [-0.05, 0) is 38.5 Å². The highest BCUT2D eigenvalue weighted by molar-refractivity contribution is 7.98. The van der Waals surface area contributed by atoms with Gasteiger partial charge in [0.2, 0.25) is 5.16 Å². The van der Waals surface area contributed by atoms with Crippen molar-refractivity contribution in [2.75, 3.05) is 0 Å². The van der Waals surface area contributed by atoms with E-state index in [-0.39, 0.29) is 5.69 Å². The fraction of sp³-hybridized carbons (Fsp3) is 0.238. The van der Waals surface area contributed by atoms with Gasteiger partial charge in [0.05, 0.1) is 17.0 Å². The molecule has 0 aliphatic carbocycles. The Bertz CT molecular complexity index is 1270. The van der Waals surface area contributed by atoms with Gasteiger partial charge in [-0.1, -0.05) is 42.1 Å². The number of hydrogen-bond donors (Lipinski definition) is 0. The third-order valence-corrected chi connectivity index (χ3v) is 6.72. The standard InChI is InChI=1S/C21H21N7O2S2/c1-14-20(28(29)30)15(2)26(25-14)13-31-21-24-23-16(3)27(21)22-12-19-10-9-18(32-19)11-17-7-5-4-6-8-17/h4-10,12H,11,13H2,1-3H3. The molecule has 0 saturated carbocycles. The number of nitro groups is 1.